The average molecular weight is 453 g/mol. The van der Waals surface area contributed by atoms with Crippen LogP contribution in [0.5, 0.6) is 0 Å². The van der Waals surface area contributed by atoms with Crippen molar-refractivity contribution < 1.29 is 18.3 Å². The molecule has 0 bridgehead atoms. The van der Waals surface area contributed by atoms with Crippen LogP contribution in [0.25, 0.3) is 17.2 Å². The Morgan fingerprint density at radius 3 is 2.82 bits per heavy atom. The SMILES string of the molecule is COCC(F)(F)CN1Cc2ccc(NC(=O)C=Cc3cnccc3-c3cnn(C)c3)cc2C1. The fourth-order valence-corrected chi connectivity index (χ4v) is 3.95. The summed E-state index contributed by atoms with van der Waals surface area (Å²) in [7, 11) is 3.11. The highest BCUT2D eigenvalue weighted by molar-refractivity contribution is 6.02. The van der Waals surface area contributed by atoms with E-state index in [9.17, 15) is 13.6 Å². The Morgan fingerprint density at radius 1 is 1.24 bits per heavy atom. The molecular weight excluding hydrogens is 428 g/mol. The number of fused-ring (bicyclic) bond motifs is 1. The van der Waals surface area contributed by atoms with Gasteiger partial charge in [0.25, 0.3) is 5.92 Å². The number of nitrogens with zero attached hydrogens (tertiary/aromatic N) is 4. The number of methoxy groups -OCH3 is 1. The molecule has 0 radical (unpaired) electrons. The van der Waals surface area contributed by atoms with Gasteiger partial charge in [0.2, 0.25) is 5.91 Å². The van der Waals surface area contributed by atoms with Crippen LogP contribution in [0, 0.1) is 0 Å². The van der Waals surface area contributed by atoms with Crippen molar-refractivity contribution in [2.75, 3.05) is 25.6 Å². The highest BCUT2D eigenvalue weighted by Crippen LogP contribution is 2.28. The molecule has 0 aliphatic carbocycles. The highest BCUT2D eigenvalue weighted by atomic mass is 19.3. The monoisotopic (exact) mass is 453 g/mol. The second-order valence-electron chi connectivity index (χ2n) is 8.11. The van der Waals surface area contributed by atoms with Gasteiger partial charge in [-0.2, -0.15) is 5.10 Å². The Hall–Kier alpha value is -3.43. The summed E-state index contributed by atoms with van der Waals surface area (Å²) in [6.45, 7) is -0.128. The van der Waals surface area contributed by atoms with Crippen LogP contribution in [-0.4, -0.2) is 51.8 Å². The molecule has 4 rings (SSSR count). The van der Waals surface area contributed by atoms with E-state index in [0.29, 0.717) is 18.8 Å². The number of hydrogen-bond donors (Lipinski definition) is 1. The average Bonchev–Trinajstić information content (AvgIpc) is 3.37. The third-order valence-electron chi connectivity index (χ3n) is 5.35. The van der Waals surface area contributed by atoms with E-state index in [1.807, 2.05) is 31.4 Å². The number of alkyl halides is 2. The standard InChI is InChI=1S/C24H25F2N5O2/c1-30-12-20(11-28-30)22-7-8-27-10-17(22)4-6-23(32)29-21-5-3-18-13-31(14-19(18)9-21)15-24(25,26)16-33-2/h3-12H,13-16H2,1-2H3,(H,29,32). The number of aryl methyl sites for hydroxylation is 1. The Kier molecular flexibility index (Phi) is 6.62. The summed E-state index contributed by atoms with van der Waals surface area (Å²) in [5, 5.41) is 7.03. The minimum absolute atomic E-state index is 0.294. The lowest BCUT2D eigenvalue weighted by Crippen LogP contribution is -2.37. The third kappa shape index (κ3) is 5.68. The number of carbonyl (C=O) groups is 1. The van der Waals surface area contributed by atoms with Crippen LogP contribution < -0.4 is 5.32 Å². The quantitative estimate of drug-likeness (QED) is 0.526. The number of amides is 1. The molecule has 1 aliphatic rings. The van der Waals surface area contributed by atoms with Crippen LogP contribution >= 0.6 is 0 Å². The van der Waals surface area contributed by atoms with E-state index in [0.717, 1.165) is 27.8 Å². The van der Waals surface area contributed by atoms with Gasteiger partial charge in [0.15, 0.2) is 0 Å². The first-order chi connectivity index (χ1) is 15.8. The van der Waals surface area contributed by atoms with Gasteiger partial charge >= 0.3 is 0 Å². The molecule has 0 atom stereocenters. The first-order valence-corrected chi connectivity index (χ1v) is 10.5. The van der Waals surface area contributed by atoms with Crippen LogP contribution in [0.2, 0.25) is 0 Å². The van der Waals surface area contributed by atoms with Gasteiger partial charge in [0, 0.05) is 68.7 Å². The first-order valence-electron chi connectivity index (χ1n) is 10.5. The number of hydrogen-bond acceptors (Lipinski definition) is 5. The van der Waals surface area contributed by atoms with Gasteiger partial charge in [0.05, 0.1) is 12.7 Å². The van der Waals surface area contributed by atoms with E-state index in [1.165, 1.54) is 13.2 Å². The summed E-state index contributed by atoms with van der Waals surface area (Å²) in [5.41, 5.74) is 5.17. The minimum Gasteiger partial charge on any atom is -0.378 e. The molecule has 3 heterocycles. The maximum absolute atomic E-state index is 13.9. The summed E-state index contributed by atoms with van der Waals surface area (Å²) in [6.07, 6.45) is 10.2. The molecule has 0 unspecified atom stereocenters. The summed E-state index contributed by atoms with van der Waals surface area (Å²) in [6, 6.07) is 7.36. The van der Waals surface area contributed by atoms with Crippen molar-refractivity contribution >= 4 is 17.7 Å². The molecule has 1 aliphatic heterocycles. The Balaban J connectivity index is 1.40. The Bertz CT molecular complexity index is 1180. The molecule has 0 saturated carbocycles. The van der Waals surface area contributed by atoms with Crippen LogP contribution in [0.3, 0.4) is 0 Å². The number of ether oxygens (including phenoxy) is 1. The number of halogens is 2. The van der Waals surface area contributed by atoms with Gasteiger partial charge in [0.1, 0.15) is 6.61 Å². The number of pyridine rings is 1. The van der Waals surface area contributed by atoms with Crippen molar-refractivity contribution in [3.63, 3.8) is 0 Å². The molecule has 0 saturated heterocycles. The topological polar surface area (TPSA) is 72.3 Å². The number of aromatic nitrogens is 3. The second kappa shape index (κ2) is 9.60. The molecule has 9 heteroatoms. The smallest absolute Gasteiger partial charge is 0.283 e. The molecule has 1 amide bonds. The molecular formula is C24H25F2N5O2. The Morgan fingerprint density at radius 2 is 2.06 bits per heavy atom. The fraction of sp³-hybridized carbons (Fsp3) is 0.292. The zero-order chi connectivity index (χ0) is 23.4. The predicted octanol–water partition coefficient (Wildman–Crippen LogP) is 3.73. The van der Waals surface area contributed by atoms with Crippen molar-refractivity contribution in [3.8, 4) is 11.1 Å². The van der Waals surface area contributed by atoms with E-state index in [4.69, 9.17) is 0 Å². The minimum atomic E-state index is -2.90. The summed E-state index contributed by atoms with van der Waals surface area (Å²) < 4.78 is 34.1. The van der Waals surface area contributed by atoms with Crippen molar-refractivity contribution in [1.29, 1.82) is 0 Å². The van der Waals surface area contributed by atoms with Crippen LogP contribution in [-0.2, 0) is 29.7 Å². The van der Waals surface area contributed by atoms with Gasteiger partial charge in [-0.1, -0.05) is 6.07 Å². The van der Waals surface area contributed by atoms with E-state index < -0.39 is 12.5 Å². The largest absolute Gasteiger partial charge is 0.378 e. The molecule has 0 fully saturated rings. The molecule has 7 nitrogen and oxygen atoms in total. The lowest BCUT2D eigenvalue weighted by Gasteiger charge is -2.22. The number of anilines is 1. The molecule has 1 aromatic carbocycles. The van der Waals surface area contributed by atoms with E-state index in [1.54, 1.807) is 40.3 Å². The zero-order valence-corrected chi connectivity index (χ0v) is 18.5. The number of rotatable bonds is 8. The zero-order valence-electron chi connectivity index (χ0n) is 18.5. The summed E-state index contributed by atoms with van der Waals surface area (Å²) in [5.74, 6) is -3.20. The maximum atomic E-state index is 13.9. The lowest BCUT2D eigenvalue weighted by molar-refractivity contribution is -0.111. The normalized spacial score (nSPS) is 14.1. The van der Waals surface area contributed by atoms with Crippen LogP contribution in [0.15, 0.2) is 55.1 Å². The van der Waals surface area contributed by atoms with Crippen molar-refractivity contribution in [2.45, 2.75) is 19.0 Å². The van der Waals surface area contributed by atoms with Gasteiger partial charge in [-0.15, -0.1) is 0 Å². The predicted molar refractivity (Wildman–Crippen MR) is 121 cm³/mol. The molecule has 2 aromatic heterocycles. The van der Waals surface area contributed by atoms with E-state index in [2.05, 4.69) is 20.1 Å². The highest BCUT2D eigenvalue weighted by Gasteiger charge is 2.34. The summed E-state index contributed by atoms with van der Waals surface area (Å²) in [4.78, 5) is 18.3. The molecule has 1 N–H and O–H groups in total. The first kappa shape index (κ1) is 22.8. The van der Waals surface area contributed by atoms with Gasteiger partial charge < -0.3 is 10.1 Å². The lowest BCUT2D eigenvalue weighted by atomic mass is 10.0. The Labute approximate surface area is 190 Å². The molecule has 33 heavy (non-hydrogen) atoms. The van der Waals surface area contributed by atoms with Gasteiger partial charge in [-0.3, -0.25) is 19.4 Å². The number of benzene rings is 1. The van der Waals surface area contributed by atoms with Crippen LogP contribution in [0.4, 0.5) is 14.5 Å². The molecule has 3 aromatic rings. The van der Waals surface area contributed by atoms with Crippen LogP contribution in [0.1, 0.15) is 16.7 Å². The van der Waals surface area contributed by atoms with E-state index >= 15 is 0 Å². The number of carbonyl (C=O) groups excluding carboxylic acids is 1. The van der Waals surface area contributed by atoms with Crippen molar-refractivity contribution in [3.05, 3.63) is 71.8 Å². The maximum Gasteiger partial charge on any atom is 0.283 e. The van der Waals surface area contributed by atoms with Crippen molar-refractivity contribution in [2.24, 2.45) is 7.05 Å². The third-order valence-corrected chi connectivity index (χ3v) is 5.35. The molecule has 172 valence electrons. The van der Waals surface area contributed by atoms with Gasteiger partial charge in [-0.25, -0.2) is 8.78 Å². The fourth-order valence-electron chi connectivity index (χ4n) is 3.95. The summed E-state index contributed by atoms with van der Waals surface area (Å²) >= 11 is 0. The number of nitrogens with one attached hydrogen (secondary N) is 1. The van der Waals surface area contributed by atoms with Crippen molar-refractivity contribution in [1.82, 2.24) is 19.7 Å². The van der Waals surface area contributed by atoms with Gasteiger partial charge in [-0.05, 0) is 41.0 Å². The molecule has 0 spiro atoms. The van der Waals surface area contributed by atoms with E-state index in [-0.39, 0.29) is 12.5 Å². The second-order valence-corrected chi connectivity index (χ2v) is 8.11.